The van der Waals surface area contributed by atoms with Crippen LogP contribution in [0.3, 0.4) is 0 Å². The number of nitriles is 2. The van der Waals surface area contributed by atoms with Gasteiger partial charge in [-0.1, -0.05) is 42.0 Å². The Hall–Kier alpha value is -2.92. The van der Waals surface area contributed by atoms with Crippen molar-refractivity contribution in [3.63, 3.8) is 0 Å². The van der Waals surface area contributed by atoms with E-state index >= 15 is 0 Å². The van der Waals surface area contributed by atoms with Crippen LogP contribution in [0, 0.1) is 40.4 Å². The zero-order chi connectivity index (χ0) is 15.4. The minimum absolute atomic E-state index is 0.639. The van der Waals surface area contributed by atoms with Crippen LogP contribution in [-0.4, -0.2) is 11.8 Å². The SMILES string of the molecule is C/C(=C\c1ccccc1)C1[C@@H](C#N)C(=O)NC(=O)[C@@H]1C#N. The van der Waals surface area contributed by atoms with Crippen LogP contribution in [0.2, 0.25) is 0 Å². The van der Waals surface area contributed by atoms with Crippen LogP contribution in [0.1, 0.15) is 12.5 Å². The molecule has 0 radical (unpaired) electrons. The molecular weight excluding hydrogens is 266 g/mol. The number of nitrogens with one attached hydrogen (secondary N) is 1. The van der Waals surface area contributed by atoms with Crippen LogP contribution >= 0.6 is 0 Å². The van der Waals surface area contributed by atoms with E-state index in [2.05, 4.69) is 5.32 Å². The summed E-state index contributed by atoms with van der Waals surface area (Å²) >= 11 is 0. The summed E-state index contributed by atoms with van der Waals surface area (Å²) in [6, 6.07) is 13.1. The number of hydrogen-bond acceptors (Lipinski definition) is 4. The van der Waals surface area contributed by atoms with Gasteiger partial charge < -0.3 is 0 Å². The van der Waals surface area contributed by atoms with Gasteiger partial charge in [0, 0.05) is 5.92 Å². The van der Waals surface area contributed by atoms with Crippen LogP contribution in [0.4, 0.5) is 0 Å². The Morgan fingerprint density at radius 2 is 1.62 bits per heavy atom. The van der Waals surface area contributed by atoms with Crippen molar-refractivity contribution in [3.05, 3.63) is 41.5 Å². The van der Waals surface area contributed by atoms with Crippen LogP contribution < -0.4 is 5.32 Å². The summed E-state index contributed by atoms with van der Waals surface area (Å²) in [4.78, 5) is 23.5. The quantitative estimate of drug-likeness (QED) is 0.833. The van der Waals surface area contributed by atoms with Crippen molar-refractivity contribution in [2.75, 3.05) is 0 Å². The molecule has 2 amide bonds. The molecule has 0 unspecified atom stereocenters. The molecule has 1 saturated heterocycles. The molecule has 0 aliphatic carbocycles. The Kier molecular flexibility index (Phi) is 4.15. The highest BCUT2D eigenvalue weighted by Gasteiger charge is 2.45. The van der Waals surface area contributed by atoms with Gasteiger partial charge in [-0.05, 0) is 12.5 Å². The number of hydrogen-bond donors (Lipinski definition) is 1. The smallest absolute Gasteiger partial charge is 0.244 e. The largest absolute Gasteiger partial charge is 0.294 e. The molecule has 0 spiro atoms. The molecule has 0 saturated carbocycles. The van der Waals surface area contributed by atoms with Crippen molar-refractivity contribution >= 4 is 17.9 Å². The first-order chi connectivity index (χ1) is 10.1. The lowest BCUT2D eigenvalue weighted by atomic mass is 9.74. The zero-order valence-electron chi connectivity index (χ0n) is 11.4. The third kappa shape index (κ3) is 2.82. The molecule has 1 fully saturated rings. The monoisotopic (exact) mass is 279 g/mol. The van der Waals surface area contributed by atoms with Gasteiger partial charge in [0.2, 0.25) is 11.8 Å². The van der Waals surface area contributed by atoms with Gasteiger partial charge in [-0.25, -0.2) is 0 Å². The van der Waals surface area contributed by atoms with Crippen LogP contribution in [-0.2, 0) is 9.59 Å². The van der Waals surface area contributed by atoms with Crippen molar-refractivity contribution in [3.8, 4) is 12.1 Å². The lowest BCUT2D eigenvalue weighted by Crippen LogP contribution is -2.51. The summed E-state index contributed by atoms with van der Waals surface area (Å²) in [6.07, 6.45) is 1.80. The normalized spacial score (nSPS) is 23.1. The van der Waals surface area contributed by atoms with Gasteiger partial charge >= 0.3 is 0 Å². The fourth-order valence-electron chi connectivity index (χ4n) is 2.51. The molecule has 1 N–H and O–H groups in total. The van der Waals surface area contributed by atoms with Gasteiger partial charge in [0.1, 0.15) is 11.8 Å². The maximum Gasteiger partial charge on any atom is 0.244 e. The Bertz CT molecular complexity index is 648. The fraction of sp³-hybridized carbons (Fsp3) is 0.250. The number of nitrogens with zero attached hydrogens (tertiary/aromatic N) is 2. The minimum Gasteiger partial charge on any atom is -0.294 e. The number of rotatable bonds is 2. The summed E-state index contributed by atoms with van der Waals surface area (Å²) < 4.78 is 0. The van der Waals surface area contributed by atoms with Crippen molar-refractivity contribution in [1.29, 1.82) is 10.5 Å². The Morgan fingerprint density at radius 3 is 2.10 bits per heavy atom. The molecule has 1 aromatic carbocycles. The summed E-state index contributed by atoms with van der Waals surface area (Å²) in [5.74, 6) is -4.07. The van der Waals surface area contributed by atoms with E-state index in [4.69, 9.17) is 0 Å². The predicted octanol–water partition coefficient (Wildman–Crippen LogP) is 1.64. The maximum absolute atomic E-state index is 11.8. The van der Waals surface area contributed by atoms with Crippen LogP contribution in [0.5, 0.6) is 0 Å². The van der Waals surface area contributed by atoms with E-state index in [1.165, 1.54) is 0 Å². The van der Waals surface area contributed by atoms with E-state index in [1.807, 2.05) is 42.5 Å². The summed E-state index contributed by atoms with van der Waals surface area (Å²) in [5.41, 5.74) is 1.56. The molecule has 1 aliphatic heterocycles. The number of carbonyl (C=O) groups excluding carboxylic acids is 2. The molecule has 1 heterocycles. The molecule has 5 heteroatoms. The topological polar surface area (TPSA) is 93.8 Å². The molecule has 0 bridgehead atoms. The first kappa shape index (κ1) is 14.5. The highest BCUT2D eigenvalue weighted by atomic mass is 16.2. The second-order valence-corrected chi connectivity index (χ2v) is 4.89. The summed E-state index contributed by atoms with van der Waals surface area (Å²) in [5, 5.41) is 20.5. The fourth-order valence-corrected chi connectivity index (χ4v) is 2.51. The lowest BCUT2D eigenvalue weighted by Gasteiger charge is -2.30. The van der Waals surface area contributed by atoms with Crippen molar-refractivity contribution < 1.29 is 9.59 Å². The van der Waals surface area contributed by atoms with Gasteiger partial charge in [-0.15, -0.1) is 0 Å². The standard InChI is InChI=1S/C16H13N3O2/c1-10(7-11-5-3-2-4-6-11)14-12(8-17)15(20)19-16(21)13(14)9-18/h2-7,12-14H,1H3,(H,19,20,21)/b10-7+/t12-,13-/m1/s1. The first-order valence-corrected chi connectivity index (χ1v) is 6.45. The van der Waals surface area contributed by atoms with E-state index in [-0.39, 0.29) is 0 Å². The Labute approximate surface area is 122 Å². The third-order valence-corrected chi connectivity index (χ3v) is 3.53. The number of amides is 2. The number of carbonyl (C=O) groups is 2. The number of piperidine rings is 1. The zero-order valence-corrected chi connectivity index (χ0v) is 11.4. The Balaban J connectivity index is 2.43. The molecule has 0 aromatic heterocycles. The highest BCUT2D eigenvalue weighted by Crippen LogP contribution is 2.33. The summed E-state index contributed by atoms with van der Waals surface area (Å²) in [6.45, 7) is 1.73. The van der Waals surface area contributed by atoms with Crippen molar-refractivity contribution in [1.82, 2.24) is 5.32 Å². The molecule has 104 valence electrons. The van der Waals surface area contributed by atoms with Crippen molar-refractivity contribution in [2.24, 2.45) is 17.8 Å². The average molecular weight is 279 g/mol. The van der Waals surface area contributed by atoms with Gasteiger partial charge in [0.25, 0.3) is 0 Å². The second kappa shape index (κ2) is 6.02. The van der Waals surface area contributed by atoms with Crippen LogP contribution in [0.15, 0.2) is 35.9 Å². The molecule has 1 aliphatic rings. The lowest BCUT2D eigenvalue weighted by molar-refractivity contribution is -0.138. The molecular formula is C16H13N3O2. The molecule has 5 nitrogen and oxygen atoms in total. The second-order valence-electron chi connectivity index (χ2n) is 4.89. The van der Waals surface area contributed by atoms with E-state index in [0.717, 1.165) is 5.56 Å². The molecule has 2 rings (SSSR count). The number of benzene rings is 1. The van der Waals surface area contributed by atoms with Gasteiger partial charge in [0.15, 0.2) is 0 Å². The van der Waals surface area contributed by atoms with E-state index in [1.54, 1.807) is 13.0 Å². The van der Waals surface area contributed by atoms with E-state index in [9.17, 15) is 20.1 Å². The highest BCUT2D eigenvalue weighted by molar-refractivity contribution is 6.02. The average Bonchev–Trinajstić information content (AvgIpc) is 2.47. The van der Waals surface area contributed by atoms with Gasteiger partial charge in [0.05, 0.1) is 12.1 Å². The van der Waals surface area contributed by atoms with Crippen LogP contribution in [0.25, 0.3) is 6.08 Å². The molecule has 1 aromatic rings. The van der Waals surface area contributed by atoms with Crippen molar-refractivity contribution in [2.45, 2.75) is 6.92 Å². The minimum atomic E-state index is -1.03. The van der Waals surface area contributed by atoms with E-state index in [0.29, 0.717) is 5.57 Å². The first-order valence-electron chi connectivity index (χ1n) is 6.45. The maximum atomic E-state index is 11.8. The third-order valence-electron chi connectivity index (χ3n) is 3.53. The number of imide groups is 1. The number of allylic oxidation sites excluding steroid dienone is 1. The molecule has 2 atom stereocenters. The van der Waals surface area contributed by atoms with E-state index < -0.39 is 29.6 Å². The molecule has 21 heavy (non-hydrogen) atoms. The summed E-state index contributed by atoms with van der Waals surface area (Å²) in [7, 11) is 0. The Morgan fingerprint density at radius 1 is 1.10 bits per heavy atom. The van der Waals surface area contributed by atoms with Gasteiger partial charge in [-0.3, -0.25) is 14.9 Å². The predicted molar refractivity (Wildman–Crippen MR) is 74.9 cm³/mol. The van der Waals surface area contributed by atoms with Gasteiger partial charge in [-0.2, -0.15) is 10.5 Å².